The summed E-state index contributed by atoms with van der Waals surface area (Å²) >= 11 is 0. The summed E-state index contributed by atoms with van der Waals surface area (Å²) in [6.45, 7) is 5.72. The van der Waals surface area contributed by atoms with Crippen molar-refractivity contribution < 1.29 is 29.6 Å². The predicted molar refractivity (Wildman–Crippen MR) is 92.1 cm³/mol. The van der Waals surface area contributed by atoms with E-state index in [4.69, 9.17) is 9.47 Å². The molecule has 5 atom stereocenters. The maximum absolute atomic E-state index is 12.2. The minimum absolute atomic E-state index is 0.0457. The highest BCUT2D eigenvalue weighted by Crippen LogP contribution is 2.21. The van der Waals surface area contributed by atoms with Crippen LogP contribution in [0.15, 0.2) is 24.3 Å². The van der Waals surface area contributed by atoms with Gasteiger partial charge in [-0.05, 0) is 30.4 Å². The molecular weight excluding hydrogens is 324 g/mol. The predicted octanol–water partition coefficient (Wildman–Crippen LogP) is 1.01. The molecule has 2 rings (SSSR count). The zero-order valence-corrected chi connectivity index (χ0v) is 15.0. The molecule has 3 N–H and O–H groups in total. The molecule has 1 unspecified atom stereocenters. The van der Waals surface area contributed by atoms with Crippen LogP contribution in [0.3, 0.4) is 0 Å². The van der Waals surface area contributed by atoms with Gasteiger partial charge in [-0.15, -0.1) is 0 Å². The average Bonchev–Trinajstić information content (AvgIpc) is 2.91. The van der Waals surface area contributed by atoms with Crippen molar-refractivity contribution in [1.29, 1.82) is 0 Å². The van der Waals surface area contributed by atoms with Crippen LogP contribution >= 0.6 is 0 Å². The molecule has 1 aliphatic rings. The summed E-state index contributed by atoms with van der Waals surface area (Å²) < 4.78 is 10.3. The van der Waals surface area contributed by atoms with E-state index in [2.05, 4.69) is 13.8 Å². The smallest absolute Gasteiger partial charge is 0.313 e. The lowest BCUT2D eigenvalue weighted by molar-refractivity contribution is -0.152. The number of rotatable bonds is 7. The lowest BCUT2D eigenvalue weighted by Gasteiger charge is -2.21. The van der Waals surface area contributed by atoms with E-state index in [1.54, 1.807) is 6.92 Å². The number of ether oxygens (including phenoxy) is 2. The van der Waals surface area contributed by atoms with Crippen LogP contribution in [0, 0.1) is 5.92 Å². The van der Waals surface area contributed by atoms with E-state index < -0.39 is 36.3 Å². The summed E-state index contributed by atoms with van der Waals surface area (Å²) in [5.74, 6) is -0.342. The third-order valence-electron chi connectivity index (χ3n) is 4.44. The highest BCUT2D eigenvalue weighted by Gasteiger charge is 2.39. The topological polar surface area (TPSA) is 96.2 Å². The van der Waals surface area contributed by atoms with Gasteiger partial charge in [0.2, 0.25) is 0 Å². The fourth-order valence-electron chi connectivity index (χ4n) is 2.90. The standard InChI is InChI=1S/C19H28O6/c1-11(2)8-13-4-6-14(7-5-13)12(3)19(23)25-10-16(21)18-17(22)15(20)9-24-18/h4-7,11-12,15-18,20-22H,8-10H2,1-3H3/t12?,15-,16+,17+,18+/m0/s1. The summed E-state index contributed by atoms with van der Waals surface area (Å²) in [5.41, 5.74) is 2.07. The molecule has 0 aromatic heterocycles. The van der Waals surface area contributed by atoms with Gasteiger partial charge in [-0.2, -0.15) is 0 Å². The Hall–Kier alpha value is -1.47. The molecule has 1 aromatic carbocycles. The molecule has 1 saturated heterocycles. The van der Waals surface area contributed by atoms with Crippen molar-refractivity contribution in [1.82, 2.24) is 0 Å². The number of aliphatic hydroxyl groups is 3. The molecule has 1 heterocycles. The lowest BCUT2D eigenvalue weighted by Crippen LogP contribution is -2.41. The van der Waals surface area contributed by atoms with E-state index in [0.717, 1.165) is 12.0 Å². The van der Waals surface area contributed by atoms with E-state index >= 15 is 0 Å². The average molecular weight is 352 g/mol. The van der Waals surface area contributed by atoms with E-state index in [0.29, 0.717) is 5.92 Å². The number of esters is 1. The van der Waals surface area contributed by atoms with Gasteiger partial charge in [0, 0.05) is 0 Å². The fraction of sp³-hybridized carbons (Fsp3) is 0.632. The fourth-order valence-corrected chi connectivity index (χ4v) is 2.90. The van der Waals surface area contributed by atoms with Crippen molar-refractivity contribution in [2.45, 2.75) is 57.5 Å². The number of carbonyl (C=O) groups is 1. The van der Waals surface area contributed by atoms with Gasteiger partial charge in [0.05, 0.1) is 12.5 Å². The molecule has 6 nitrogen and oxygen atoms in total. The van der Waals surface area contributed by atoms with E-state index in [1.165, 1.54) is 5.56 Å². The summed E-state index contributed by atoms with van der Waals surface area (Å²) in [6, 6.07) is 7.86. The second kappa shape index (κ2) is 8.76. The first kappa shape index (κ1) is 19.8. The van der Waals surface area contributed by atoms with Crippen molar-refractivity contribution in [2.24, 2.45) is 5.92 Å². The Morgan fingerprint density at radius 1 is 1.24 bits per heavy atom. The first-order valence-electron chi connectivity index (χ1n) is 8.70. The molecule has 0 amide bonds. The monoisotopic (exact) mass is 352 g/mol. The SMILES string of the molecule is CC(C)Cc1ccc(C(C)C(=O)OC[C@@H](O)[C@H]2OC[C@H](O)[C@H]2O)cc1. The van der Waals surface area contributed by atoms with Crippen LogP contribution in [0.25, 0.3) is 0 Å². The van der Waals surface area contributed by atoms with E-state index in [9.17, 15) is 20.1 Å². The molecule has 0 saturated carbocycles. The molecule has 0 aliphatic carbocycles. The van der Waals surface area contributed by atoms with E-state index in [1.807, 2.05) is 24.3 Å². The maximum atomic E-state index is 12.2. The number of hydrogen-bond acceptors (Lipinski definition) is 6. The van der Waals surface area contributed by atoms with Gasteiger partial charge in [-0.25, -0.2) is 0 Å². The summed E-state index contributed by atoms with van der Waals surface area (Å²) in [6.07, 6.45) is -3.36. The Labute approximate surface area is 148 Å². The van der Waals surface area contributed by atoms with Crippen molar-refractivity contribution in [2.75, 3.05) is 13.2 Å². The third kappa shape index (κ3) is 5.25. The molecule has 1 fully saturated rings. The van der Waals surface area contributed by atoms with E-state index in [-0.39, 0.29) is 13.2 Å². The van der Waals surface area contributed by atoms with Crippen molar-refractivity contribution in [3.63, 3.8) is 0 Å². The Balaban J connectivity index is 1.85. The number of carbonyl (C=O) groups excluding carboxylic acids is 1. The minimum atomic E-state index is -1.18. The molecule has 1 aliphatic heterocycles. The molecule has 0 bridgehead atoms. The van der Waals surface area contributed by atoms with Gasteiger partial charge >= 0.3 is 5.97 Å². The normalized spacial score (nSPS) is 25.8. The van der Waals surface area contributed by atoms with Crippen LogP contribution in [0.1, 0.15) is 37.8 Å². The first-order chi connectivity index (χ1) is 11.8. The van der Waals surface area contributed by atoms with Crippen LogP contribution < -0.4 is 0 Å². The van der Waals surface area contributed by atoms with Crippen molar-refractivity contribution >= 4 is 5.97 Å². The Kier molecular flexibility index (Phi) is 6.95. The van der Waals surface area contributed by atoms with Crippen molar-refractivity contribution in [3.8, 4) is 0 Å². The van der Waals surface area contributed by atoms with Gasteiger partial charge in [-0.3, -0.25) is 4.79 Å². The molecule has 0 spiro atoms. The van der Waals surface area contributed by atoms with Gasteiger partial charge in [0.15, 0.2) is 0 Å². The van der Waals surface area contributed by atoms with Gasteiger partial charge in [0.25, 0.3) is 0 Å². The quantitative estimate of drug-likeness (QED) is 0.634. The summed E-state index contributed by atoms with van der Waals surface area (Å²) in [7, 11) is 0. The summed E-state index contributed by atoms with van der Waals surface area (Å²) in [5, 5.41) is 29.1. The molecule has 1 aromatic rings. The Morgan fingerprint density at radius 2 is 1.88 bits per heavy atom. The molecule has 6 heteroatoms. The zero-order chi connectivity index (χ0) is 18.6. The minimum Gasteiger partial charge on any atom is -0.462 e. The lowest BCUT2D eigenvalue weighted by atomic mass is 9.97. The largest absolute Gasteiger partial charge is 0.462 e. The summed E-state index contributed by atoms with van der Waals surface area (Å²) in [4.78, 5) is 12.2. The number of benzene rings is 1. The molecular formula is C19H28O6. The highest BCUT2D eigenvalue weighted by atomic mass is 16.6. The van der Waals surface area contributed by atoms with Crippen LogP contribution in [-0.2, 0) is 20.7 Å². The Morgan fingerprint density at radius 3 is 2.40 bits per heavy atom. The molecule has 140 valence electrons. The van der Waals surface area contributed by atoms with Crippen LogP contribution in [0.5, 0.6) is 0 Å². The third-order valence-corrected chi connectivity index (χ3v) is 4.44. The van der Waals surface area contributed by atoms with Gasteiger partial charge in [-0.1, -0.05) is 38.1 Å². The van der Waals surface area contributed by atoms with Crippen LogP contribution in [0.4, 0.5) is 0 Å². The number of aliphatic hydroxyl groups excluding tert-OH is 3. The van der Waals surface area contributed by atoms with Crippen molar-refractivity contribution in [3.05, 3.63) is 35.4 Å². The first-order valence-corrected chi connectivity index (χ1v) is 8.70. The second-order valence-corrected chi connectivity index (χ2v) is 7.11. The van der Waals surface area contributed by atoms with Crippen LogP contribution in [0.2, 0.25) is 0 Å². The van der Waals surface area contributed by atoms with Gasteiger partial charge in [0.1, 0.15) is 31.0 Å². The number of hydrogen-bond donors (Lipinski definition) is 3. The maximum Gasteiger partial charge on any atom is 0.313 e. The highest BCUT2D eigenvalue weighted by molar-refractivity contribution is 5.77. The molecule has 0 radical (unpaired) electrons. The zero-order valence-electron chi connectivity index (χ0n) is 15.0. The van der Waals surface area contributed by atoms with Gasteiger partial charge < -0.3 is 24.8 Å². The van der Waals surface area contributed by atoms with Crippen LogP contribution in [-0.4, -0.2) is 58.9 Å². The second-order valence-electron chi connectivity index (χ2n) is 7.11. The Bertz CT molecular complexity index is 556. The molecule has 25 heavy (non-hydrogen) atoms.